The molecule has 0 aromatic carbocycles. The Morgan fingerprint density at radius 2 is 1.30 bits per heavy atom. The molecule has 0 atom stereocenters. The van der Waals surface area contributed by atoms with Crippen molar-refractivity contribution in [3.05, 3.63) is 12.4 Å². The molecule has 0 aliphatic carbocycles. The molecule has 0 spiro atoms. The van der Waals surface area contributed by atoms with Gasteiger partial charge < -0.3 is 19.2 Å². The number of aromatic amines is 1. The Morgan fingerprint density at radius 3 is 1.40 bits per heavy atom. The summed E-state index contributed by atoms with van der Waals surface area (Å²) in [5.41, 5.74) is 0. The summed E-state index contributed by atoms with van der Waals surface area (Å²) in [4.78, 5) is 29.3. The lowest BCUT2D eigenvalue weighted by Crippen LogP contribution is -2.33. The first-order valence-corrected chi connectivity index (χ1v) is 3.98. The van der Waals surface area contributed by atoms with Gasteiger partial charge in [0, 0.05) is 0 Å². The van der Waals surface area contributed by atoms with Gasteiger partial charge in [-0.1, -0.05) is 0 Å². The Balaban J connectivity index is 0.000000162. The standard InChI is InChI=1S/C2H3N3.H4O4Si/c1-2-4-5-3-1;1-5(2,3)4/h1-2H,(H,3,4,5);1-4H. The zero-order chi connectivity index (χ0) is 8.04. The van der Waals surface area contributed by atoms with Crippen molar-refractivity contribution in [3.8, 4) is 0 Å². The minimum absolute atomic E-state index is 1.58. The quantitative estimate of drug-likeness (QED) is 0.264. The first-order valence-electron chi connectivity index (χ1n) is 2.19. The van der Waals surface area contributed by atoms with Crippen LogP contribution in [0, 0.1) is 0 Å². The van der Waals surface area contributed by atoms with Crippen molar-refractivity contribution in [2.75, 3.05) is 0 Å². The highest BCUT2D eigenvalue weighted by atomic mass is 28.4. The molecule has 0 saturated carbocycles. The Kier molecular flexibility index (Phi) is 3.76. The van der Waals surface area contributed by atoms with Crippen LogP contribution in [0.2, 0.25) is 0 Å². The van der Waals surface area contributed by atoms with Crippen molar-refractivity contribution in [2.45, 2.75) is 0 Å². The fourth-order valence-electron chi connectivity index (χ4n) is 0.167. The second-order valence-corrected chi connectivity index (χ2v) is 2.46. The van der Waals surface area contributed by atoms with Gasteiger partial charge in [0.25, 0.3) is 0 Å². The van der Waals surface area contributed by atoms with Crippen LogP contribution in [0.5, 0.6) is 0 Å². The fraction of sp³-hybridized carbons (Fsp3) is 0. The van der Waals surface area contributed by atoms with Gasteiger partial charge in [0.05, 0.1) is 12.4 Å². The molecule has 0 amide bonds. The molecule has 0 unspecified atom stereocenters. The molecule has 8 heteroatoms. The molecular formula is C2H7N3O4Si. The van der Waals surface area contributed by atoms with Crippen molar-refractivity contribution in [1.82, 2.24) is 15.4 Å². The van der Waals surface area contributed by atoms with Crippen molar-refractivity contribution in [3.63, 3.8) is 0 Å². The van der Waals surface area contributed by atoms with Gasteiger partial charge in [-0.25, -0.2) is 0 Å². The SMILES string of the molecule is O[Si](O)(O)O.c1cn[nH]n1. The maximum atomic E-state index is 7.33. The molecule has 10 heavy (non-hydrogen) atoms. The number of rotatable bonds is 0. The average molecular weight is 165 g/mol. The minimum atomic E-state index is -4.61. The Morgan fingerprint density at radius 1 is 1.00 bits per heavy atom. The van der Waals surface area contributed by atoms with E-state index in [4.69, 9.17) is 19.2 Å². The number of nitrogens with zero attached hydrogens (tertiary/aromatic N) is 2. The first-order chi connectivity index (χ1) is 4.50. The highest BCUT2D eigenvalue weighted by Crippen LogP contribution is 1.67. The van der Waals surface area contributed by atoms with Crippen LogP contribution in [0.1, 0.15) is 0 Å². The number of aromatic nitrogens is 3. The van der Waals surface area contributed by atoms with Gasteiger partial charge in [0.15, 0.2) is 0 Å². The largest absolute Gasteiger partial charge is 0.668 e. The molecule has 0 bridgehead atoms. The molecule has 1 aromatic rings. The molecule has 5 N–H and O–H groups in total. The first kappa shape index (κ1) is 9.20. The summed E-state index contributed by atoms with van der Waals surface area (Å²) in [6.45, 7) is 0. The number of hydrogen-bond acceptors (Lipinski definition) is 6. The third-order valence-corrected chi connectivity index (χ3v) is 0.331. The molecule has 0 saturated heterocycles. The van der Waals surface area contributed by atoms with Gasteiger partial charge >= 0.3 is 9.05 Å². The van der Waals surface area contributed by atoms with Crippen LogP contribution in [-0.4, -0.2) is 43.6 Å². The third-order valence-electron chi connectivity index (χ3n) is 0.331. The summed E-state index contributed by atoms with van der Waals surface area (Å²) in [5, 5.41) is 9.33. The smallest absolute Gasteiger partial charge is 0.368 e. The van der Waals surface area contributed by atoms with E-state index in [2.05, 4.69) is 15.4 Å². The molecule has 58 valence electrons. The summed E-state index contributed by atoms with van der Waals surface area (Å²) in [7, 11) is -4.61. The van der Waals surface area contributed by atoms with Crippen molar-refractivity contribution in [1.29, 1.82) is 0 Å². The summed E-state index contributed by atoms with van der Waals surface area (Å²) in [5.74, 6) is 0. The lowest BCUT2D eigenvalue weighted by molar-refractivity contribution is 0.117. The Bertz CT molecular complexity index is 125. The van der Waals surface area contributed by atoms with E-state index >= 15 is 0 Å². The zero-order valence-corrected chi connectivity index (χ0v) is 5.84. The predicted octanol–water partition coefficient (Wildman–Crippen LogP) is -2.80. The Labute approximate surface area is 57.1 Å². The van der Waals surface area contributed by atoms with E-state index in [1.807, 2.05) is 0 Å². The van der Waals surface area contributed by atoms with Crippen LogP contribution in [0.25, 0.3) is 0 Å². The lowest BCUT2D eigenvalue weighted by Gasteiger charge is -1.91. The van der Waals surface area contributed by atoms with Gasteiger partial charge in [-0.05, 0) is 0 Å². The molecule has 0 fully saturated rings. The molecule has 1 heterocycles. The van der Waals surface area contributed by atoms with Crippen LogP contribution in [-0.2, 0) is 0 Å². The average Bonchev–Trinajstić information content (AvgIpc) is 2.07. The van der Waals surface area contributed by atoms with E-state index in [1.165, 1.54) is 0 Å². The molecular weight excluding hydrogens is 158 g/mol. The Hall–Kier alpha value is -0.803. The fourth-order valence-corrected chi connectivity index (χ4v) is 0.167. The van der Waals surface area contributed by atoms with Crippen LogP contribution in [0.3, 0.4) is 0 Å². The maximum absolute atomic E-state index is 7.33. The van der Waals surface area contributed by atoms with Gasteiger partial charge in [0.2, 0.25) is 0 Å². The van der Waals surface area contributed by atoms with E-state index in [-0.39, 0.29) is 0 Å². The molecule has 0 aliphatic rings. The normalized spacial score (nSPS) is 10.0. The number of nitrogens with one attached hydrogen (secondary N) is 1. The summed E-state index contributed by atoms with van der Waals surface area (Å²) in [6.07, 6.45) is 3.17. The number of H-pyrrole nitrogens is 1. The second-order valence-electron chi connectivity index (χ2n) is 1.26. The van der Waals surface area contributed by atoms with E-state index < -0.39 is 9.05 Å². The second kappa shape index (κ2) is 4.08. The molecule has 1 rings (SSSR count). The van der Waals surface area contributed by atoms with Crippen molar-refractivity contribution in [2.24, 2.45) is 0 Å². The van der Waals surface area contributed by atoms with Gasteiger partial charge in [-0.2, -0.15) is 15.4 Å². The van der Waals surface area contributed by atoms with E-state index in [0.717, 1.165) is 0 Å². The van der Waals surface area contributed by atoms with E-state index in [0.29, 0.717) is 0 Å². The van der Waals surface area contributed by atoms with Crippen LogP contribution in [0.15, 0.2) is 12.4 Å². The summed E-state index contributed by atoms with van der Waals surface area (Å²) >= 11 is 0. The van der Waals surface area contributed by atoms with Gasteiger partial charge in [0.1, 0.15) is 0 Å². The highest BCUT2D eigenvalue weighted by molar-refractivity contribution is 6.46. The van der Waals surface area contributed by atoms with Crippen molar-refractivity contribution < 1.29 is 19.2 Å². The van der Waals surface area contributed by atoms with Crippen LogP contribution >= 0.6 is 0 Å². The topological polar surface area (TPSA) is 122 Å². The predicted molar refractivity (Wildman–Crippen MR) is 31.0 cm³/mol. The highest BCUT2D eigenvalue weighted by Gasteiger charge is 2.22. The van der Waals surface area contributed by atoms with Gasteiger partial charge in [-0.15, -0.1) is 0 Å². The van der Waals surface area contributed by atoms with Crippen molar-refractivity contribution >= 4 is 9.05 Å². The van der Waals surface area contributed by atoms with E-state index in [1.54, 1.807) is 12.4 Å². The molecule has 1 aromatic heterocycles. The van der Waals surface area contributed by atoms with Crippen LogP contribution < -0.4 is 0 Å². The molecule has 7 nitrogen and oxygen atoms in total. The maximum Gasteiger partial charge on any atom is 0.668 e. The summed E-state index contributed by atoms with van der Waals surface area (Å²) < 4.78 is 0. The van der Waals surface area contributed by atoms with Crippen LogP contribution in [0.4, 0.5) is 0 Å². The monoisotopic (exact) mass is 165 g/mol. The lowest BCUT2D eigenvalue weighted by atomic mass is 11.0. The van der Waals surface area contributed by atoms with Gasteiger partial charge in [-0.3, -0.25) is 0 Å². The molecule has 0 radical (unpaired) electrons. The minimum Gasteiger partial charge on any atom is -0.368 e. The summed E-state index contributed by atoms with van der Waals surface area (Å²) in [6, 6.07) is 0. The molecule has 0 aliphatic heterocycles. The van der Waals surface area contributed by atoms with E-state index in [9.17, 15) is 0 Å². The number of hydrogen-bond donors (Lipinski definition) is 5. The zero-order valence-electron chi connectivity index (χ0n) is 4.84. The third kappa shape index (κ3) is 15.7.